The summed E-state index contributed by atoms with van der Waals surface area (Å²) >= 11 is 0. The molecule has 176 valence electrons. The number of aryl methyl sites for hydroxylation is 1. The molecule has 3 fully saturated rings. The van der Waals surface area contributed by atoms with Crippen LogP contribution in [0.25, 0.3) is 0 Å². The van der Waals surface area contributed by atoms with Crippen LogP contribution in [0.2, 0.25) is 0 Å². The highest BCUT2D eigenvalue weighted by atomic mass is 16.3. The molecule has 3 atom stereocenters. The molecule has 2 aliphatic carbocycles. The number of benzene rings is 1. The number of rotatable bonds is 5. The molecule has 7 heteroatoms. The quantitative estimate of drug-likeness (QED) is 0.755. The number of urea groups is 1. The molecule has 2 aromatic rings. The van der Waals surface area contributed by atoms with E-state index >= 15 is 0 Å². The molecule has 2 amide bonds. The fraction of sp³-hybridized carbons (Fsp3) is 0.577. The maximum absolute atomic E-state index is 13.8. The molecule has 0 bridgehead atoms. The average molecular weight is 450 g/mol. The average Bonchev–Trinajstić information content (AvgIpc) is 3.05. The van der Waals surface area contributed by atoms with E-state index in [0.29, 0.717) is 30.9 Å². The van der Waals surface area contributed by atoms with Gasteiger partial charge in [0.05, 0.1) is 42.3 Å². The molecule has 5 rings (SSSR count). The Morgan fingerprint density at radius 3 is 2.42 bits per heavy atom. The van der Waals surface area contributed by atoms with Gasteiger partial charge in [0.25, 0.3) is 0 Å². The summed E-state index contributed by atoms with van der Waals surface area (Å²) < 4.78 is 0. The monoisotopic (exact) mass is 449 g/mol. The summed E-state index contributed by atoms with van der Waals surface area (Å²) in [7, 11) is 4.31. The molecule has 1 saturated heterocycles. The third kappa shape index (κ3) is 4.02. The molecule has 33 heavy (non-hydrogen) atoms. The number of aliphatic hydroxyl groups is 1. The van der Waals surface area contributed by atoms with Gasteiger partial charge in [0.1, 0.15) is 5.82 Å². The summed E-state index contributed by atoms with van der Waals surface area (Å²) in [6.45, 7) is 2.86. The predicted molar refractivity (Wildman–Crippen MR) is 128 cm³/mol. The molecule has 2 heterocycles. The van der Waals surface area contributed by atoms with Crippen molar-refractivity contribution in [1.82, 2.24) is 19.8 Å². The van der Waals surface area contributed by atoms with Crippen LogP contribution in [0.15, 0.2) is 42.7 Å². The first-order chi connectivity index (χ1) is 15.8. The minimum atomic E-state index is -0.761. The maximum Gasteiger partial charge on any atom is 0.325 e. The number of anilines is 1. The zero-order valence-corrected chi connectivity index (χ0v) is 19.9. The summed E-state index contributed by atoms with van der Waals surface area (Å²) in [5.74, 6) is 1.01. The van der Waals surface area contributed by atoms with Crippen molar-refractivity contribution in [3.05, 3.63) is 54.1 Å². The highest BCUT2D eigenvalue weighted by Crippen LogP contribution is 2.48. The molecule has 1 N–H and O–H groups in total. The van der Waals surface area contributed by atoms with Gasteiger partial charge in [-0.3, -0.25) is 4.90 Å². The summed E-state index contributed by atoms with van der Waals surface area (Å²) in [6, 6.07) is 11.1. The van der Waals surface area contributed by atoms with E-state index in [2.05, 4.69) is 59.3 Å². The van der Waals surface area contributed by atoms with E-state index < -0.39 is 5.60 Å². The predicted octanol–water partition coefficient (Wildman–Crippen LogP) is 3.58. The van der Waals surface area contributed by atoms with E-state index in [1.807, 2.05) is 16.7 Å². The first-order valence-corrected chi connectivity index (χ1v) is 12.1. The van der Waals surface area contributed by atoms with Crippen molar-refractivity contribution in [2.24, 2.45) is 0 Å². The van der Waals surface area contributed by atoms with Crippen molar-refractivity contribution in [1.29, 1.82) is 0 Å². The highest BCUT2D eigenvalue weighted by molar-refractivity contribution is 5.95. The Hall–Kier alpha value is -2.51. The maximum atomic E-state index is 13.8. The Morgan fingerprint density at radius 1 is 1.12 bits per heavy atom. The second kappa shape index (κ2) is 8.37. The van der Waals surface area contributed by atoms with Crippen LogP contribution >= 0.6 is 0 Å². The molecule has 1 aliphatic heterocycles. The lowest BCUT2D eigenvalue weighted by molar-refractivity contribution is -0.0694. The van der Waals surface area contributed by atoms with Gasteiger partial charge in [0, 0.05) is 12.0 Å². The Bertz CT molecular complexity index is 992. The summed E-state index contributed by atoms with van der Waals surface area (Å²) in [4.78, 5) is 28.7. The highest BCUT2D eigenvalue weighted by Gasteiger charge is 2.56. The van der Waals surface area contributed by atoms with Gasteiger partial charge in [-0.25, -0.2) is 14.8 Å². The SMILES string of the molecule is Cc1ncc(N2CC3(CC[C@@H](N(C)C)[C@@H](c4ccccc4)C3)N(CC3(O)CCC3)C2=O)cn1. The van der Waals surface area contributed by atoms with Gasteiger partial charge < -0.3 is 14.9 Å². The number of β-amino-alcohol motifs (C(OH)–C–C–N with tert-alkyl or cyclic N) is 1. The fourth-order valence-electron chi connectivity index (χ4n) is 6.11. The van der Waals surface area contributed by atoms with Crippen LogP contribution in [0.5, 0.6) is 0 Å². The van der Waals surface area contributed by atoms with Gasteiger partial charge in [-0.1, -0.05) is 30.3 Å². The van der Waals surface area contributed by atoms with Crippen LogP contribution in [-0.4, -0.2) is 75.3 Å². The van der Waals surface area contributed by atoms with Gasteiger partial charge in [0.15, 0.2) is 0 Å². The number of nitrogens with zero attached hydrogens (tertiary/aromatic N) is 5. The first-order valence-electron chi connectivity index (χ1n) is 12.1. The lowest BCUT2D eigenvalue weighted by Crippen LogP contribution is -2.59. The third-order valence-corrected chi connectivity index (χ3v) is 8.16. The van der Waals surface area contributed by atoms with E-state index in [-0.39, 0.29) is 11.6 Å². The number of hydrogen-bond donors (Lipinski definition) is 1. The fourth-order valence-corrected chi connectivity index (χ4v) is 6.11. The van der Waals surface area contributed by atoms with Gasteiger partial charge in [-0.2, -0.15) is 0 Å². The third-order valence-electron chi connectivity index (χ3n) is 8.16. The van der Waals surface area contributed by atoms with Crippen LogP contribution in [0.1, 0.15) is 55.8 Å². The van der Waals surface area contributed by atoms with Crippen LogP contribution < -0.4 is 4.90 Å². The number of aromatic nitrogens is 2. The van der Waals surface area contributed by atoms with Crippen LogP contribution in [0.4, 0.5) is 10.5 Å². The number of likely N-dealkylation sites (N-methyl/N-ethyl adjacent to an activating group) is 1. The number of hydrogen-bond acceptors (Lipinski definition) is 5. The second-order valence-corrected chi connectivity index (χ2v) is 10.5. The Morgan fingerprint density at radius 2 is 1.82 bits per heavy atom. The molecule has 3 aliphatic rings. The zero-order valence-electron chi connectivity index (χ0n) is 19.9. The van der Waals surface area contributed by atoms with Crippen LogP contribution in [-0.2, 0) is 0 Å². The number of carbonyl (C=O) groups is 1. The second-order valence-electron chi connectivity index (χ2n) is 10.5. The first kappa shape index (κ1) is 22.3. The van der Waals surface area contributed by atoms with Crippen molar-refractivity contribution < 1.29 is 9.90 Å². The van der Waals surface area contributed by atoms with E-state index in [1.165, 1.54) is 5.56 Å². The minimum Gasteiger partial charge on any atom is -0.388 e. The topological polar surface area (TPSA) is 72.8 Å². The van der Waals surface area contributed by atoms with Crippen molar-refractivity contribution in [3.8, 4) is 0 Å². The van der Waals surface area contributed by atoms with E-state index in [1.54, 1.807) is 12.4 Å². The Kier molecular flexibility index (Phi) is 5.65. The molecule has 1 aromatic heterocycles. The van der Waals surface area contributed by atoms with Crippen LogP contribution in [0, 0.1) is 6.92 Å². The summed E-state index contributed by atoms with van der Waals surface area (Å²) in [5.41, 5.74) is 0.977. The van der Waals surface area contributed by atoms with Gasteiger partial charge in [-0.15, -0.1) is 0 Å². The van der Waals surface area contributed by atoms with Crippen molar-refractivity contribution in [2.45, 2.75) is 68.5 Å². The molecular formula is C26H35N5O2. The zero-order chi connectivity index (χ0) is 23.2. The molecule has 7 nitrogen and oxygen atoms in total. The molecule has 1 spiro atoms. The number of amides is 2. The Balaban J connectivity index is 1.52. The minimum absolute atomic E-state index is 0.0297. The molecule has 1 unspecified atom stereocenters. The van der Waals surface area contributed by atoms with E-state index in [0.717, 1.165) is 44.2 Å². The number of carbonyl (C=O) groups excluding carboxylic acids is 1. The van der Waals surface area contributed by atoms with Crippen molar-refractivity contribution in [2.75, 3.05) is 32.1 Å². The van der Waals surface area contributed by atoms with Crippen LogP contribution in [0.3, 0.4) is 0 Å². The van der Waals surface area contributed by atoms with Gasteiger partial charge in [0.2, 0.25) is 0 Å². The normalized spacial score (nSPS) is 29.1. The van der Waals surface area contributed by atoms with Gasteiger partial charge >= 0.3 is 6.03 Å². The lowest BCUT2D eigenvalue weighted by atomic mass is 9.69. The lowest BCUT2D eigenvalue weighted by Gasteiger charge is -2.50. The molecular weight excluding hydrogens is 414 g/mol. The summed E-state index contributed by atoms with van der Waals surface area (Å²) in [5, 5.41) is 11.1. The largest absolute Gasteiger partial charge is 0.388 e. The smallest absolute Gasteiger partial charge is 0.325 e. The van der Waals surface area contributed by atoms with E-state index in [9.17, 15) is 9.90 Å². The van der Waals surface area contributed by atoms with Gasteiger partial charge in [-0.05, 0) is 65.1 Å². The molecule has 1 aromatic carbocycles. The standard InChI is InChI=1S/C26H35N5O2/c1-19-27-15-21(16-28-19)30-17-25(31(24(30)32)18-26(33)11-7-12-26)13-10-23(29(2)3)22(14-25)20-8-5-4-6-9-20/h4-6,8-9,15-16,22-23,33H,7,10-14,17-18H2,1-3H3/t22-,23-,25?/m1/s1. The summed E-state index contributed by atoms with van der Waals surface area (Å²) in [6.07, 6.45) is 8.86. The van der Waals surface area contributed by atoms with Crippen molar-refractivity contribution in [3.63, 3.8) is 0 Å². The van der Waals surface area contributed by atoms with E-state index in [4.69, 9.17) is 0 Å². The molecule has 0 radical (unpaired) electrons. The van der Waals surface area contributed by atoms with Crippen molar-refractivity contribution >= 4 is 11.7 Å². The molecule has 2 saturated carbocycles. The Labute approximate surface area is 196 Å².